The van der Waals surface area contributed by atoms with Crippen molar-refractivity contribution in [3.8, 4) is 33.5 Å². The van der Waals surface area contributed by atoms with Crippen molar-refractivity contribution in [2.45, 2.75) is 13.5 Å². The van der Waals surface area contributed by atoms with Crippen LogP contribution in [0.25, 0.3) is 59.3 Å². The molecule has 0 bridgehead atoms. The van der Waals surface area contributed by atoms with Gasteiger partial charge in [-0.3, -0.25) is 0 Å². The molecule has 1 aliphatic heterocycles. The molecule has 6 aromatic rings. The Morgan fingerprint density at radius 3 is 2.49 bits per heavy atom. The van der Waals surface area contributed by atoms with Crippen molar-refractivity contribution in [3.63, 3.8) is 0 Å². The molecule has 37 heavy (non-hydrogen) atoms. The van der Waals surface area contributed by atoms with Gasteiger partial charge in [-0.15, -0.1) is 11.3 Å². The number of rotatable bonds is 4. The number of aromatic nitrogens is 1. The molecule has 2 aromatic heterocycles. The van der Waals surface area contributed by atoms with E-state index in [1.165, 1.54) is 64.8 Å². The first kappa shape index (κ1) is 22.0. The molecule has 0 unspecified atom stereocenters. The van der Waals surface area contributed by atoms with Gasteiger partial charge in [0.15, 0.2) is 12.7 Å². The quantitative estimate of drug-likeness (QED) is 0.170. The van der Waals surface area contributed by atoms with Crippen LogP contribution in [0.2, 0.25) is 0 Å². The van der Waals surface area contributed by atoms with E-state index in [1.807, 2.05) is 17.4 Å². The maximum atomic E-state index is 4.29. The number of benzene rings is 4. The topological polar surface area (TPSA) is 3.88 Å². The van der Waals surface area contributed by atoms with Crippen molar-refractivity contribution in [2.75, 3.05) is 0 Å². The molecular weight excluding hydrogens is 466 g/mol. The number of hydrogen-bond acceptors (Lipinski definition) is 1. The molecule has 0 N–H and O–H groups in total. The first-order valence-electron chi connectivity index (χ1n) is 12.6. The first-order chi connectivity index (χ1) is 18.1. The van der Waals surface area contributed by atoms with E-state index in [0.29, 0.717) is 0 Å². The van der Waals surface area contributed by atoms with Crippen LogP contribution in [0.15, 0.2) is 116 Å². The van der Waals surface area contributed by atoms with Crippen LogP contribution >= 0.6 is 11.3 Å². The SMILES string of the molecule is C=CC(=C)c1ccccc1-c1cc2c(cc1-c1ccc3c(c1)sc1ccccc13)-c1ccc(C)c[n+]1C2. The smallest absolute Gasteiger partial charge is 0.194 e. The molecule has 0 aliphatic carbocycles. The highest BCUT2D eigenvalue weighted by atomic mass is 32.1. The third-order valence-electron chi connectivity index (χ3n) is 7.53. The Bertz CT molecular complexity index is 1900. The Kier molecular flexibility index (Phi) is 4.99. The molecule has 0 saturated carbocycles. The number of aryl methyl sites for hydroxylation is 1. The van der Waals surface area contributed by atoms with E-state index in [-0.39, 0.29) is 0 Å². The summed E-state index contributed by atoms with van der Waals surface area (Å²) in [4.78, 5) is 0. The van der Waals surface area contributed by atoms with Gasteiger partial charge in [0.05, 0.1) is 5.56 Å². The Morgan fingerprint density at radius 1 is 0.784 bits per heavy atom. The largest absolute Gasteiger partial charge is 0.213 e. The number of thiophene rings is 1. The highest BCUT2D eigenvalue weighted by Crippen LogP contribution is 2.43. The summed E-state index contributed by atoms with van der Waals surface area (Å²) in [5.41, 5.74) is 12.2. The van der Waals surface area contributed by atoms with Gasteiger partial charge < -0.3 is 0 Å². The van der Waals surface area contributed by atoms with E-state index < -0.39 is 0 Å². The van der Waals surface area contributed by atoms with Crippen molar-refractivity contribution in [3.05, 3.63) is 133 Å². The average Bonchev–Trinajstić information content (AvgIpc) is 3.48. The maximum Gasteiger partial charge on any atom is 0.213 e. The molecule has 4 aromatic carbocycles. The van der Waals surface area contributed by atoms with Crippen molar-refractivity contribution in [1.29, 1.82) is 0 Å². The number of hydrogen-bond donors (Lipinski definition) is 0. The minimum Gasteiger partial charge on any atom is -0.194 e. The van der Waals surface area contributed by atoms with Gasteiger partial charge in [-0.05, 0) is 70.6 Å². The van der Waals surface area contributed by atoms with E-state index >= 15 is 0 Å². The van der Waals surface area contributed by atoms with Gasteiger partial charge in [0.1, 0.15) is 0 Å². The number of fused-ring (bicyclic) bond motifs is 6. The number of allylic oxidation sites excluding steroid dienone is 2. The highest BCUT2D eigenvalue weighted by molar-refractivity contribution is 7.25. The second kappa shape index (κ2) is 8.40. The zero-order valence-corrected chi connectivity index (χ0v) is 21.6. The Morgan fingerprint density at radius 2 is 1.59 bits per heavy atom. The van der Waals surface area contributed by atoms with Crippen LogP contribution in [-0.4, -0.2) is 0 Å². The number of pyridine rings is 1. The molecule has 0 radical (unpaired) electrons. The van der Waals surface area contributed by atoms with Crippen LogP contribution < -0.4 is 4.57 Å². The standard InChI is InChI=1S/C35H26NS/c1-4-23(3)26-9-5-6-10-27(26)32-17-25-21-36-20-22(2)13-16-33(36)31(25)19-30(32)24-14-15-29-28-11-7-8-12-34(28)37-35(29)18-24/h4-20H,1,3,21H2,2H3/q+1. The summed E-state index contributed by atoms with van der Waals surface area (Å²) < 4.78 is 5.02. The molecule has 0 fully saturated rings. The van der Waals surface area contributed by atoms with Gasteiger partial charge in [0.25, 0.3) is 0 Å². The summed E-state index contributed by atoms with van der Waals surface area (Å²) in [6.45, 7) is 11.3. The fourth-order valence-electron chi connectivity index (χ4n) is 5.70. The monoisotopic (exact) mass is 492 g/mol. The summed E-state index contributed by atoms with van der Waals surface area (Å²) in [7, 11) is 0. The van der Waals surface area contributed by atoms with Gasteiger partial charge in [0.2, 0.25) is 5.69 Å². The fraction of sp³-hybridized carbons (Fsp3) is 0.0571. The van der Waals surface area contributed by atoms with Gasteiger partial charge in [-0.1, -0.05) is 73.8 Å². The van der Waals surface area contributed by atoms with Crippen molar-refractivity contribution < 1.29 is 4.57 Å². The Hall–Kier alpha value is -4.27. The van der Waals surface area contributed by atoms with Crippen LogP contribution in [0.3, 0.4) is 0 Å². The van der Waals surface area contributed by atoms with E-state index in [9.17, 15) is 0 Å². The normalized spacial score (nSPS) is 12.0. The van der Waals surface area contributed by atoms with Crippen molar-refractivity contribution in [1.82, 2.24) is 0 Å². The van der Waals surface area contributed by atoms with Crippen LogP contribution in [0.5, 0.6) is 0 Å². The van der Waals surface area contributed by atoms with E-state index in [1.54, 1.807) is 0 Å². The molecule has 2 heteroatoms. The first-order valence-corrected chi connectivity index (χ1v) is 13.4. The highest BCUT2D eigenvalue weighted by Gasteiger charge is 2.28. The van der Waals surface area contributed by atoms with Crippen LogP contribution in [0.1, 0.15) is 16.7 Å². The van der Waals surface area contributed by atoms with E-state index in [0.717, 1.165) is 17.7 Å². The minimum absolute atomic E-state index is 0.888. The maximum absolute atomic E-state index is 4.29. The zero-order valence-electron chi connectivity index (χ0n) is 20.8. The minimum atomic E-state index is 0.888. The molecule has 1 nitrogen and oxygen atoms in total. The molecule has 7 rings (SSSR count). The molecular formula is C35H26NS+. The lowest BCUT2D eigenvalue weighted by Gasteiger charge is -2.16. The van der Waals surface area contributed by atoms with Crippen LogP contribution in [-0.2, 0) is 6.54 Å². The summed E-state index contributed by atoms with van der Waals surface area (Å²) in [6.07, 6.45) is 4.11. The predicted octanol–water partition coefficient (Wildman–Crippen LogP) is 9.21. The van der Waals surface area contributed by atoms with Gasteiger partial charge in [-0.2, -0.15) is 4.57 Å². The van der Waals surface area contributed by atoms with Crippen LogP contribution in [0, 0.1) is 6.92 Å². The average molecular weight is 493 g/mol. The van der Waals surface area contributed by atoms with Gasteiger partial charge in [0, 0.05) is 37.4 Å². The fourth-order valence-corrected chi connectivity index (χ4v) is 6.85. The molecule has 0 atom stereocenters. The second-order valence-electron chi connectivity index (χ2n) is 9.86. The molecule has 176 valence electrons. The lowest BCUT2D eigenvalue weighted by atomic mass is 9.86. The summed E-state index contributed by atoms with van der Waals surface area (Å²) >= 11 is 1.87. The molecule has 1 aliphatic rings. The molecule has 0 amide bonds. The Balaban J connectivity index is 1.51. The summed E-state index contributed by atoms with van der Waals surface area (Å²) in [6, 6.07) is 33.5. The van der Waals surface area contributed by atoms with E-state index in [4.69, 9.17) is 0 Å². The second-order valence-corrected chi connectivity index (χ2v) is 10.9. The third-order valence-corrected chi connectivity index (χ3v) is 8.67. The third kappa shape index (κ3) is 3.48. The Labute approximate surface area is 221 Å². The van der Waals surface area contributed by atoms with Crippen LogP contribution in [0.4, 0.5) is 0 Å². The zero-order chi connectivity index (χ0) is 25.1. The van der Waals surface area contributed by atoms with E-state index in [2.05, 4.69) is 122 Å². The number of nitrogens with zero attached hydrogens (tertiary/aromatic N) is 1. The molecule has 3 heterocycles. The molecule has 0 saturated heterocycles. The summed E-state index contributed by atoms with van der Waals surface area (Å²) in [5.74, 6) is 0. The van der Waals surface area contributed by atoms with Crippen molar-refractivity contribution in [2.24, 2.45) is 0 Å². The lowest BCUT2D eigenvalue weighted by Crippen LogP contribution is -2.32. The summed E-state index contributed by atoms with van der Waals surface area (Å²) in [5, 5.41) is 2.65. The van der Waals surface area contributed by atoms with Gasteiger partial charge in [-0.25, -0.2) is 0 Å². The lowest BCUT2D eigenvalue weighted by molar-refractivity contribution is -0.672. The van der Waals surface area contributed by atoms with Gasteiger partial charge >= 0.3 is 0 Å². The molecule has 0 spiro atoms. The predicted molar refractivity (Wildman–Crippen MR) is 159 cm³/mol. The van der Waals surface area contributed by atoms with Crippen molar-refractivity contribution >= 4 is 37.1 Å².